The molecule has 0 aromatic heterocycles. The predicted molar refractivity (Wildman–Crippen MR) is 92.8 cm³/mol. The lowest BCUT2D eigenvalue weighted by Crippen LogP contribution is -2.52. The molecule has 23 heavy (non-hydrogen) atoms. The molecular formula is C18H29N3O2. The molecule has 2 rings (SSSR count). The molecule has 1 saturated heterocycles. The van der Waals surface area contributed by atoms with Crippen molar-refractivity contribution in [3.05, 3.63) is 30.3 Å². The topological polar surface area (TPSA) is 44.8 Å². The van der Waals surface area contributed by atoms with Gasteiger partial charge in [0.2, 0.25) is 0 Å². The van der Waals surface area contributed by atoms with E-state index in [0.29, 0.717) is 19.1 Å². The number of rotatable bonds is 7. The van der Waals surface area contributed by atoms with Crippen LogP contribution in [0.25, 0.3) is 0 Å². The fourth-order valence-corrected chi connectivity index (χ4v) is 2.74. The van der Waals surface area contributed by atoms with Crippen molar-refractivity contribution in [2.45, 2.75) is 20.3 Å². The molecular weight excluding hydrogens is 290 g/mol. The van der Waals surface area contributed by atoms with E-state index in [2.05, 4.69) is 24.1 Å². The van der Waals surface area contributed by atoms with Crippen molar-refractivity contribution >= 4 is 6.03 Å². The third kappa shape index (κ3) is 6.48. The Balaban J connectivity index is 1.55. The van der Waals surface area contributed by atoms with Gasteiger partial charge in [-0.05, 0) is 24.5 Å². The van der Waals surface area contributed by atoms with E-state index in [1.165, 1.54) is 0 Å². The van der Waals surface area contributed by atoms with Crippen molar-refractivity contribution in [2.24, 2.45) is 5.92 Å². The van der Waals surface area contributed by atoms with Crippen LogP contribution < -0.4 is 10.1 Å². The van der Waals surface area contributed by atoms with Crippen LogP contribution in [0, 0.1) is 5.92 Å². The molecule has 0 unspecified atom stereocenters. The Morgan fingerprint density at radius 3 is 2.52 bits per heavy atom. The van der Waals surface area contributed by atoms with Crippen molar-refractivity contribution in [3.63, 3.8) is 0 Å². The van der Waals surface area contributed by atoms with E-state index in [4.69, 9.17) is 4.74 Å². The second kappa shape index (κ2) is 9.40. The van der Waals surface area contributed by atoms with Gasteiger partial charge in [-0.3, -0.25) is 4.90 Å². The highest BCUT2D eigenvalue weighted by Crippen LogP contribution is 2.08. The fraction of sp³-hybridized carbons (Fsp3) is 0.611. The summed E-state index contributed by atoms with van der Waals surface area (Å²) >= 11 is 0. The number of benzene rings is 1. The molecule has 1 aliphatic rings. The van der Waals surface area contributed by atoms with Crippen LogP contribution in [0.5, 0.6) is 5.75 Å². The molecule has 2 amide bonds. The van der Waals surface area contributed by atoms with Gasteiger partial charge in [0, 0.05) is 39.3 Å². The van der Waals surface area contributed by atoms with Gasteiger partial charge >= 0.3 is 6.03 Å². The second-order valence-corrected chi connectivity index (χ2v) is 6.43. The molecule has 1 aromatic rings. The Labute approximate surface area is 139 Å². The molecule has 1 aromatic carbocycles. The Hall–Kier alpha value is -1.75. The van der Waals surface area contributed by atoms with Crippen molar-refractivity contribution in [1.29, 1.82) is 0 Å². The largest absolute Gasteiger partial charge is 0.494 e. The number of nitrogens with zero attached hydrogens (tertiary/aromatic N) is 2. The van der Waals surface area contributed by atoms with Gasteiger partial charge in [0.05, 0.1) is 6.61 Å². The Kier molecular flexibility index (Phi) is 7.20. The summed E-state index contributed by atoms with van der Waals surface area (Å²) in [6, 6.07) is 9.80. The van der Waals surface area contributed by atoms with E-state index in [1.54, 1.807) is 0 Å². The third-order valence-corrected chi connectivity index (χ3v) is 3.89. The van der Waals surface area contributed by atoms with Gasteiger partial charge in [0.25, 0.3) is 0 Å². The average molecular weight is 319 g/mol. The van der Waals surface area contributed by atoms with Crippen LogP contribution in [0.15, 0.2) is 30.3 Å². The number of carbonyl (C=O) groups excluding carboxylic acids is 1. The highest BCUT2D eigenvalue weighted by molar-refractivity contribution is 5.74. The summed E-state index contributed by atoms with van der Waals surface area (Å²) < 4.78 is 5.61. The fourth-order valence-electron chi connectivity index (χ4n) is 2.74. The summed E-state index contributed by atoms with van der Waals surface area (Å²) in [6.07, 6.45) is 0.813. The number of carbonyl (C=O) groups is 1. The van der Waals surface area contributed by atoms with Crippen LogP contribution in [-0.4, -0.2) is 61.7 Å². The van der Waals surface area contributed by atoms with Gasteiger partial charge in [0.1, 0.15) is 5.75 Å². The molecule has 1 fully saturated rings. The highest BCUT2D eigenvalue weighted by Gasteiger charge is 2.20. The maximum absolute atomic E-state index is 12.1. The number of urea groups is 1. The number of para-hydroxylation sites is 1. The summed E-state index contributed by atoms with van der Waals surface area (Å²) in [4.78, 5) is 16.5. The first-order chi connectivity index (χ1) is 11.1. The summed E-state index contributed by atoms with van der Waals surface area (Å²) in [5.41, 5.74) is 0. The van der Waals surface area contributed by atoms with E-state index in [9.17, 15) is 4.79 Å². The highest BCUT2D eigenvalue weighted by atomic mass is 16.5. The Bertz CT molecular complexity index is 457. The number of amides is 2. The first kappa shape index (κ1) is 17.6. The van der Waals surface area contributed by atoms with Gasteiger partial charge < -0.3 is 15.0 Å². The Morgan fingerprint density at radius 1 is 1.17 bits per heavy atom. The second-order valence-electron chi connectivity index (χ2n) is 6.43. The first-order valence-electron chi connectivity index (χ1n) is 8.58. The van der Waals surface area contributed by atoms with Gasteiger partial charge in [-0.15, -0.1) is 0 Å². The molecule has 5 heteroatoms. The van der Waals surface area contributed by atoms with E-state index >= 15 is 0 Å². The molecule has 0 aliphatic carbocycles. The van der Waals surface area contributed by atoms with Crippen LogP contribution in [0.3, 0.4) is 0 Å². The first-order valence-corrected chi connectivity index (χ1v) is 8.58. The van der Waals surface area contributed by atoms with Gasteiger partial charge in [0.15, 0.2) is 0 Å². The number of ether oxygens (including phenoxy) is 1. The van der Waals surface area contributed by atoms with Crippen LogP contribution in [0.2, 0.25) is 0 Å². The number of hydrogen-bond acceptors (Lipinski definition) is 3. The SMILES string of the molecule is CC(C)CN1CCN(C(=O)NCCCOc2ccccc2)CC1. The van der Waals surface area contributed by atoms with Crippen molar-refractivity contribution in [1.82, 2.24) is 15.1 Å². The van der Waals surface area contributed by atoms with E-state index < -0.39 is 0 Å². The van der Waals surface area contributed by atoms with Crippen LogP contribution in [-0.2, 0) is 0 Å². The van der Waals surface area contributed by atoms with Crippen molar-refractivity contribution in [3.8, 4) is 5.75 Å². The van der Waals surface area contributed by atoms with Gasteiger partial charge in [-0.1, -0.05) is 32.0 Å². The number of hydrogen-bond donors (Lipinski definition) is 1. The molecule has 0 bridgehead atoms. The molecule has 0 atom stereocenters. The molecule has 0 saturated carbocycles. The Morgan fingerprint density at radius 2 is 1.87 bits per heavy atom. The predicted octanol–water partition coefficient (Wildman–Crippen LogP) is 2.44. The van der Waals surface area contributed by atoms with E-state index in [-0.39, 0.29) is 6.03 Å². The molecule has 1 N–H and O–H groups in total. The lowest BCUT2D eigenvalue weighted by atomic mass is 10.2. The molecule has 0 spiro atoms. The maximum atomic E-state index is 12.1. The maximum Gasteiger partial charge on any atom is 0.317 e. The van der Waals surface area contributed by atoms with Gasteiger partial charge in [-0.25, -0.2) is 4.79 Å². The standard InChI is InChI=1S/C18H29N3O2/c1-16(2)15-20-10-12-21(13-11-20)18(22)19-9-6-14-23-17-7-4-3-5-8-17/h3-5,7-8,16H,6,9-15H2,1-2H3,(H,19,22). The lowest BCUT2D eigenvalue weighted by molar-refractivity contribution is 0.131. The lowest BCUT2D eigenvalue weighted by Gasteiger charge is -2.35. The summed E-state index contributed by atoms with van der Waals surface area (Å²) in [5, 5.41) is 2.98. The zero-order valence-corrected chi connectivity index (χ0v) is 14.3. The monoisotopic (exact) mass is 319 g/mol. The molecule has 5 nitrogen and oxygen atoms in total. The van der Waals surface area contributed by atoms with Crippen LogP contribution in [0.4, 0.5) is 4.79 Å². The summed E-state index contributed by atoms with van der Waals surface area (Å²) in [6.45, 7) is 10.4. The van der Waals surface area contributed by atoms with Crippen molar-refractivity contribution < 1.29 is 9.53 Å². The minimum Gasteiger partial charge on any atom is -0.494 e. The smallest absolute Gasteiger partial charge is 0.317 e. The average Bonchev–Trinajstić information content (AvgIpc) is 2.55. The zero-order valence-electron chi connectivity index (χ0n) is 14.3. The normalized spacial score (nSPS) is 15.7. The molecule has 128 valence electrons. The molecule has 1 heterocycles. The van der Waals surface area contributed by atoms with Crippen LogP contribution >= 0.6 is 0 Å². The zero-order chi connectivity index (χ0) is 16.5. The van der Waals surface area contributed by atoms with Gasteiger partial charge in [-0.2, -0.15) is 0 Å². The van der Waals surface area contributed by atoms with Crippen LogP contribution in [0.1, 0.15) is 20.3 Å². The number of nitrogens with one attached hydrogen (secondary N) is 1. The molecule has 1 aliphatic heterocycles. The summed E-state index contributed by atoms with van der Waals surface area (Å²) in [5.74, 6) is 1.56. The third-order valence-electron chi connectivity index (χ3n) is 3.89. The summed E-state index contributed by atoms with van der Waals surface area (Å²) in [7, 11) is 0. The minimum absolute atomic E-state index is 0.0499. The van der Waals surface area contributed by atoms with E-state index in [1.807, 2.05) is 35.2 Å². The molecule has 0 radical (unpaired) electrons. The minimum atomic E-state index is 0.0499. The quantitative estimate of drug-likeness (QED) is 0.785. The number of piperazine rings is 1. The van der Waals surface area contributed by atoms with E-state index in [0.717, 1.165) is 44.9 Å². The van der Waals surface area contributed by atoms with Crippen molar-refractivity contribution in [2.75, 3.05) is 45.9 Å².